The third-order valence-electron chi connectivity index (χ3n) is 2.26. The Kier molecular flexibility index (Phi) is 6.23. The Labute approximate surface area is 112 Å². The van der Waals surface area contributed by atoms with Crippen LogP contribution in [0.25, 0.3) is 0 Å². The Hall–Kier alpha value is -1.67. The lowest BCUT2D eigenvalue weighted by molar-refractivity contribution is 0.161. The lowest BCUT2D eigenvalue weighted by Crippen LogP contribution is -2.23. The van der Waals surface area contributed by atoms with Crippen molar-refractivity contribution in [2.45, 2.75) is 33.3 Å². The van der Waals surface area contributed by atoms with E-state index >= 15 is 0 Å². The number of anilines is 2. The smallest absolute Gasteiger partial charge is 0.323 e. The van der Waals surface area contributed by atoms with Gasteiger partial charge in [0.25, 0.3) is 0 Å². The van der Waals surface area contributed by atoms with Crippen LogP contribution in [0.15, 0.2) is 0 Å². The average molecular weight is 270 g/mol. The minimum Gasteiger partial charge on any atom is -0.464 e. The van der Waals surface area contributed by atoms with Crippen LogP contribution in [0.3, 0.4) is 0 Å². The molecule has 1 unspecified atom stereocenters. The summed E-state index contributed by atoms with van der Waals surface area (Å²) in [5.74, 6) is 6.22. The number of nitrogens with zero attached hydrogens (tertiary/aromatic N) is 3. The van der Waals surface area contributed by atoms with Gasteiger partial charge in [-0.2, -0.15) is 15.0 Å². The van der Waals surface area contributed by atoms with E-state index in [9.17, 15) is 5.11 Å². The fourth-order valence-corrected chi connectivity index (χ4v) is 1.53. The van der Waals surface area contributed by atoms with Crippen molar-refractivity contribution in [1.82, 2.24) is 15.0 Å². The van der Waals surface area contributed by atoms with Gasteiger partial charge >= 0.3 is 6.01 Å². The van der Waals surface area contributed by atoms with E-state index in [0.29, 0.717) is 31.4 Å². The van der Waals surface area contributed by atoms with Crippen LogP contribution in [0.5, 0.6) is 6.01 Å². The van der Waals surface area contributed by atoms with E-state index in [1.165, 1.54) is 0 Å². The van der Waals surface area contributed by atoms with E-state index in [1.807, 2.05) is 6.92 Å². The molecule has 8 heteroatoms. The maximum atomic E-state index is 9.77. The van der Waals surface area contributed by atoms with Gasteiger partial charge in [0, 0.05) is 6.54 Å². The third kappa shape index (κ3) is 5.66. The van der Waals surface area contributed by atoms with Crippen LogP contribution in [0.1, 0.15) is 27.2 Å². The molecule has 1 aromatic heterocycles. The highest BCUT2D eigenvalue weighted by atomic mass is 16.5. The summed E-state index contributed by atoms with van der Waals surface area (Å²) in [4.78, 5) is 12.0. The van der Waals surface area contributed by atoms with Crippen molar-refractivity contribution in [3.63, 3.8) is 0 Å². The normalized spacial score (nSPS) is 12.3. The number of ether oxygens (including phenoxy) is 1. The van der Waals surface area contributed by atoms with E-state index < -0.39 is 6.10 Å². The Morgan fingerprint density at radius 1 is 1.26 bits per heavy atom. The highest BCUT2D eigenvalue weighted by molar-refractivity contribution is 5.34. The topological polar surface area (TPSA) is 118 Å². The molecule has 1 heterocycles. The number of hydrogen-bond donors (Lipinski definition) is 4. The summed E-state index contributed by atoms with van der Waals surface area (Å²) in [6, 6.07) is 0.186. The van der Waals surface area contributed by atoms with Gasteiger partial charge in [-0.05, 0) is 19.3 Å². The van der Waals surface area contributed by atoms with Crippen LogP contribution >= 0.6 is 0 Å². The second kappa shape index (κ2) is 7.70. The van der Waals surface area contributed by atoms with Crippen LogP contribution in [0.2, 0.25) is 0 Å². The molecule has 1 atom stereocenters. The molecule has 0 aliphatic rings. The summed E-state index contributed by atoms with van der Waals surface area (Å²) in [5, 5.41) is 12.7. The van der Waals surface area contributed by atoms with E-state index in [-0.39, 0.29) is 12.0 Å². The first kappa shape index (κ1) is 15.4. The third-order valence-corrected chi connectivity index (χ3v) is 2.26. The molecule has 108 valence electrons. The van der Waals surface area contributed by atoms with Crippen molar-refractivity contribution >= 4 is 11.9 Å². The van der Waals surface area contributed by atoms with Crippen LogP contribution in [-0.4, -0.2) is 39.3 Å². The number of nitrogens with one attached hydrogen (secondary N) is 2. The van der Waals surface area contributed by atoms with Gasteiger partial charge in [0.15, 0.2) is 0 Å². The Morgan fingerprint density at radius 3 is 2.53 bits per heavy atom. The number of hydrogen-bond acceptors (Lipinski definition) is 8. The zero-order chi connectivity index (χ0) is 14.3. The number of nitrogens with two attached hydrogens (primary N) is 1. The number of hydrazine groups is 1. The molecule has 0 saturated heterocycles. The van der Waals surface area contributed by atoms with Gasteiger partial charge in [0.05, 0.1) is 12.7 Å². The van der Waals surface area contributed by atoms with Crippen LogP contribution in [0, 0.1) is 5.92 Å². The number of aliphatic hydroxyl groups is 1. The monoisotopic (exact) mass is 270 g/mol. The van der Waals surface area contributed by atoms with Gasteiger partial charge in [-0.3, -0.25) is 5.43 Å². The molecule has 0 spiro atoms. The SMILES string of the molecule is CCOc1nc(NN)nc(NCC(O)CC(C)C)n1. The fraction of sp³-hybridized carbons (Fsp3) is 0.727. The second-order valence-corrected chi connectivity index (χ2v) is 4.51. The summed E-state index contributed by atoms with van der Waals surface area (Å²) in [7, 11) is 0. The molecule has 0 aliphatic carbocycles. The molecule has 0 aliphatic heterocycles. The second-order valence-electron chi connectivity index (χ2n) is 4.51. The van der Waals surface area contributed by atoms with Gasteiger partial charge in [0.2, 0.25) is 11.9 Å². The van der Waals surface area contributed by atoms with Crippen LogP contribution < -0.4 is 21.3 Å². The minimum atomic E-state index is -0.457. The van der Waals surface area contributed by atoms with Crippen molar-refractivity contribution in [2.24, 2.45) is 11.8 Å². The molecule has 0 amide bonds. The maximum absolute atomic E-state index is 9.77. The molecule has 5 N–H and O–H groups in total. The number of aromatic nitrogens is 3. The molecule has 8 nitrogen and oxygen atoms in total. The first-order valence-corrected chi connectivity index (χ1v) is 6.32. The number of nitrogen functional groups attached to an aromatic ring is 1. The molecule has 0 bridgehead atoms. The lowest BCUT2D eigenvalue weighted by atomic mass is 10.1. The first-order chi connectivity index (χ1) is 9.05. The number of rotatable bonds is 8. The Balaban J connectivity index is 2.63. The molecular formula is C11H22N6O2. The van der Waals surface area contributed by atoms with Gasteiger partial charge < -0.3 is 15.2 Å². The standard InChI is InChI=1S/C11H22N6O2/c1-4-19-11-15-9(14-10(16-11)17-12)13-6-8(18)5-7(2)3/h7-8,18H,4-6,12H2,1-3H3,(H2,13,14,15,16,17). The average Bonchev–Trinajstić information content (AvgIpc) is 2.35. The van der Waals surface area contributed by atoms with Crippen LogP contribution in [0.4, 0.5) is 11.9 Å². The maximum Gasteiger partial charge on any atom is 0.323 e. The lowest BCUT2D eigenvalue weighted by Gasteiger charge is -2.14. The Morgan fingerprint density at radius 2 is 1.95 bits per heavy atom. The minimum absolute atomic E-state index is 0.186. The summed E-state index contributed by atoms with van der Waals surface area (Å²) in [5.41, 5.74) is 2.34. The summed E-state index contributed by atoms with van der Waals surface area (Å²) >= 11 is 0. The van der Waals surface area contributed by atoms with E-state index in [0.717, 1.165) is 0 Å². The van der Waals surface area contributed by atoms with Crippen molar-refractivity contribution < 1.29 is 9.84 Å². The van der Waals surface area contributed by atoms with Gasteiger partial charge in [-0.15, -0.1) is 0 Å². The molecule has 0 radical (unpaired) electrons. The molecule has 19 heavy (non-hydrogen) atoms. The van der Waals surface area contributed by atoms with Crippen molar-refractivity contribution in [2.75, 3.05) is 23.9 Å². The predicted molar refractivity (Wildman–Crippen MR) is 72.8 cm³/mol. The summed E-state index contributed by atoms with van der Waals surface area (Å²) < 4.78 is 5.20. The van der Waals surface area contributed by atoms with Gasteiger partial charge in [-0.25, -0.2) is 5.84 Å². The van der Waals surface area contributed by atoms with Crippen molar-refractivity contribution in [3.05, 3.63) is 0 Å². The van der Waals surface area contributed by atoms with E-state index in [2.05, 4.69) is 39.5 Å². The first-order valence-electron chi connectivity index (χ1n) is 6.32. The molecule has 1 aromatic rings. The number of aliphatic hydroxyl groups excluding tert-OH is 1. The van der Waals surface area contributed by atoms with Crippen LogP contribution in [-0.2, 0) is 0 Å². The largest absolute Gasteiger partial charge is 0.464 e. The zero-order valence-corrected chi connectivity index (χ0v) is 11.6. The Bertz CT molecular complexity index is 387. The molecule has 0 aromatic carbocycles. The highest BCUT2D eigenvalue weighted by Crippen LogP contribution is 2.11. The quantitative estimate of drug-likeness (QED) is 0.395. The van der Waals surface area contributed by atoms with E-state index in [1.54, 1.807) is 0 Å². The summed E-state index contributed by atoms with van der Waals surface area (Å²) in [6.45, 7) is 6.74. The van der Waals surface area contributed by atoms with Gasteiger partial charge in [0.1, 0.15) is 0 Å². The highest BCUT2D eigenvalue weighted by Gasteiger charge is 2.10. The molecule has 1 rings (SSSR count). The van der Waals surface area contributed by atoms with Crippen molar-refractivity contribution in [1.29, 1.82) is 0 Å². The fourth-order valence-electron chi connectivity index (χ4n) is 1.53. The molecule has 0 fully saturated rings. The van der Waals surface area contributed by atoms with E-state index in [4.69, 9.17) is 10.6 Å². The zero-order valence-electron chi connectivity index (χ0n) is 11.6. The molecular weight excluding hydrogens is 248 g/mol. The molecule has 0 saturated carbocycles. The summed E-state index contributed by atoms with van der Waals surface area (Å²) in [6.07, 6.45) is 0.250. The predicted octanol–water partition coefficient (Wildman–Crippen LogP) is 0.375. The van der Waals surface area contributed by atoms with Gasteiger partial charge in [-0.1, -0.05) is 13.8 Å². The van der Waals surface area contributed by atoms with Crippen molar-refractivity contribution in [3.8, 4) is 6.01 Å².